The standard InChI is InChI=1S/C11H23NO2/c1-3-4-5-6-7-8-10(13)9(2)11(12)14/h9-10,13H,3-8H2,1-2H3,(H2,12,14). The molecule has 0 aliphatic carbocycles. The summed E-state index contributed by atoms with van der Waals surface area (Å²) in [5.74, 6) is -0.827. The van der Waals surface area contributed by atoms with E-state index in [1.54, 1.807) is 6.92 Å². The van der Waals surface area contributed by atoms with Crippen molar-refractivity contribution in [3.63, 3.8) is 0 Å². The van der Waals surface area contributed by atoms with E-state index in [4.69, 9.17) is 5.73 Å². The van der Waals surface area contributed by atoms with Crippen LogP contribution in [0.1, 0.15) is 52.4 Å². The highest BCUT2D eigenvalue weighted by Gasteiger charge is 2.18. The molecule has 1 amide bonds. The number of carbonyl (C=O) groups is 1. The van der Waals surface area contributed by atoms with Crippen molar-refractivity contribution in [3.05, 3.63) is 0 Å². The van der Waals surface area contributed by atoms with Gasteiger partial charge in [-0.1, -0.05) is 46.0 Å². The molecule has 0 heterocycles. The van der Waals surface area contributed by atoms with Gasteiger partial charge in [0.15, 0.2) is 0 Å². The maximum Gasteiger partial charge on any atom is 0.222 e. The maximum absolute atomic E-state index is 10.7. The first-order valence-electron chi connectivity index (χ1n) is 5.57. The van der Waals surface area contributed by atoms with E-state index in [-0.39, 0.29) is 0 Å². The number of nitrogens with two attached hydrogens (primary N) is 1. The van der Waals surface area contributed by atoms with Gasteiger partial charge in [0.05, 0.1) is 12.0 Å². The Hall–Kier alpha value is -0.570. The quantitative estimate of drug-likeness (QED) is 0.588. The summed E-state index contributed by atoms with van der Waals surface area (Å²) < 4.78 is 0. The Bertz CT molecular complexity index is 159. The number of hydrogen-bond acceptors (Lipinski definition) is 2. The molecule has 84 valence electrons. The topological polar surface area (TPSA) is 63.3 Å². The first-order chi connectivity index (χ1) is 6.59. The minimum Gasteiger partial charge on any atom is -0.392 e. The molecule has 0 bridgehead atoms. The van der Waals surface area contributed by atoms with Gasteiger partial charge in [0.1, 0.15) is 0 Å². The summed E-state index contributed by atoms with van der Waals surface area (Å²) in [7, 11) is 0. The second-order valence-electron chi connectivity index (χ2n) is 3.96. The minimum absolute atomic E-state index is 0.411. The first-order valence-corrected chi connectivity index (χ1v) is 5.57. The van der Waals surface area contributed by atoms with Crippen molar-refractivity contribution < 1.29 is 9.90 Å². The highest BCUT2D eigenvalue weighted by atomic mass is 16.3. The largest absolute Gasteiger partial charge is 0.392 e. The molecule has 3 heteroatoms. The predicted octanol–water partition coefficient (Wildman–Crippen LogP) is 1.83. The zero-order chi connectivity index (χ0) is 11.0. The van der Waals surface area contributed by atoms with Gasteiger partial charge in [-0.25, -0.2) is 0 Å². The number of hydrogen-bond donors (Lipinski definition) is 2. The van der Waals surface area contributed by atoms with E-state index in [0.717, 1.165) is 12.8 Å². The molecule has 3 nitrogen and oxygen atoms in total. The molecule has 0 spiro atoms. The number of aliphatic hydroxyl groups excluding tert-OH is 1. The second-order valence-corrected chi connectivity index (χ2v) is 3.96. The molecule has 0 fully saturated rings. The van der Waals surface area contributed by atoms with E-state index in [0.29, 0.717) is 6.42 Å². The number of carbonyl (C=O) groups excluding carboxylic acids is 1. The Labute approximate surface area is 86.7 Å². The predicted molar refractivity (Wildman–Crippen MR) is 57.7 cm³/mol. The third-order valence-electron chi connectivity index (χ3n) is 2.63. The van der Waals surface area contributed by atoms with Gasteiger partial charge in [-0.15, -0.1) is 0 Å². The van der Waals surface area contributed by atoms with Crippen molar-refractivity contribution in [1.82, 2.24) is 0 Å². The van der Waals surface area contributed by atoms with E-state index in [9.17, 15) is 9.90 Å². The average molecular weight is 201 g/mol. The lowest BCUT2D eigenvalue weighted by Crippen LogP contribution is -2.31. The summed E-state index contributed by atoms with van der Waals surface area (Å²) in [6.45, 7) is 3.85. The third kappa shape index (κ3) is 5.97. The van der Waals surface area contributed by atoms with Crippen LogP contribution in [-0.4, -0.2) is 17.1 Å². The molecule has 0 aliphatic rings. The van der Waals surface area contributed by atoms with Crippen LogP contribution in [0.25, 0.3) is 0 Å². The van der Waals surface area contributed by atoms with Crippen molar-refractivity contribution >= 4 is 5.91 Å². The Morgan fingerprint density at radius 2 is 1.86 bits per heavy atom. The smallest absolute Gasteiger partial charge is 0.222 e. The normalized spacial score (nSPS) is 15.1. The molecular formula is C11H23NO2. The van der Waals surface area contributed by atoms with Crippen molar-refractivity contribution in [2.24, 2.45) is 11.7 Å². The number of amides is 1. The Kier molecular flexibility index (Phi) is 7.48. The van der Waals surface area contributed by atoms with E-state index in [1.807, 2.05) is 0 Å². The van der Waals surface area contributed by atoms with Crippen LogP contribution in [0.4, 0.5) is 0 Å². The maximum atomic E-state index is 10.7. The molecule has 0 saturated heterocycles. The van der Waals surface area contributed by atoms with Gasteiger partial charge in [-0.05, 0) is 6.42 Å². The van der Waals surface area contributed by atoms with Gasteiger partial charge in [-0.2, -0.15) is 0 Å². The third-order valence-corrected chi connectivity index (χ3v) is 2.63. The van der Waals surface area contributed by atoms with Gasteiger partial charge < -0.3 is 10.8 Å². The summed E-state index contributed by atoms with van der Waals surface area (Å²) in [5, 5.41) is 9.54. The fraction of sp³-hybridized carbons (Fsp3) is 0.909. The number of rotatable bonds is 8. The van der Waals surface area contributed by atoms with Crippen LogP contribution in [-0.2, 0) is 4.79 Å². The molecule has 0 aromatic heterocycles. The molecule has 0 rings (SSSR count). The highest BCUT2D eigenvalue weighted by molar-refractivity contribution is 5.76. The summed E-state index contributed by atoms with van der Waals surface area (Å²) in [6.07, 6.45) is 5.94. The van der Waals surface area contributed by atoms with Gasteiger partial charge in [-0.3, -0.25) is 4.79 Å². The number of aliphatic hydroxyl groups is 1. The Morgan fingerprint density at radius 3 is 2.36 bits per heavy atom. The molecule has 14 heavy (non-hydrogen) atoms. The molecule has 2 unspecified atom stereocenters. The zero-order valence-corrected chi connectivity index (χ0v) is 9.33. The van der Waals surface area contributed by atoms with Crippen molar-refractivity contribution in [2.45, 2.75) is 58.5 Å². The van der Waals surface area contributed by atoms with Crippen LogP contribution >= 0.6 is 0 Å². The van der Waals surface area contributed by atoms with Crippen LogP contribution in [0.15, 0.2) is 0 Å². The minimum atomic E-state index is -0.561. The number of unbranched alkanes of at least 4 members (excludes halogenated alkanes) is 4. The molecule has 0 saturated carbocycles. The fourth-order valence-corrected chi connectivity index (χ4v) is 1.40. The van der Waals surface area contributed by atoms with Gasteiger partial charge in [0.2, 0.25) is 5.91 Å². The average Bonchev–Trinajstić information content (AvgIpc) is 2.16. The molecular weight excluding hydrogens is 178 g/mol. The lowest BCUT2D eigenvalue weighted by molar-refractivity contribution is -0.124. The second kappa shape index (κ2) is 7.80. The van der Waals surface area contributed by atoms with Gasteiger partial charge in [0, 0.05) is 0 Å². The van der Waals surface area contributed by atoms with Crippen LogP contribution in [0.2, 0.25) is 0 Å². The fourth-order valence-electron chi connectivity index (χ4n) is 1.40. The van der Waals surface area contributed by atoms with Crippen LogP contribution < -0.4 is 5.73 Å². The molecule has 0 radical (unpaired) electrons. The SMILES string of the molecule is CCCCCCCC(O)C(C)C(N)=O. The Morgan fingerprint density at radius 1 is 1.29 bits per heavy atom. The van der Waals surface area contributed by atoms with E-state index >= 15 is 0 Å². The van der Waals surface area contributed by atoms with Gasteiger partial charge >= 0.3 is 0 Å². The van der Waals surface area contributed by atoms with Crippen LogP contribution in [0.3, 0.4) is 0 Å². The van der Waals surface area contributed by atoms with E-state index < -0.39 is 17.9 Å². The summed E-state index contributed by atoms with van der Waals surface area (Å²) in [6, 6.07) is 0. The summed E-state index contributed by atoms with van der Waals surface area (Å²) in [4.78, 5) is 10.7. The monoisotopic (exact) mass is 201 g/mol. The molecule has 3 N–H and O–H groups in total. The molecule has 0 aromatic rings. The summed E-state index contributed by atoms with van der Waals surface area (Å²) >= 11 is 0. The van der Waals surface area contributed by atoms with E-state index in [2.05, 4.69) is 6.92 Å². The molecule has 0 aromatic carbocycles. The zero-order valence-electron chi connectivity index (χ0n) is 9.33. The summed E-state index contributed by atoms with van der Waals surface area (Å²) in [5.41, 5.74) is 5.09. The molecule has 0 aliphatic heterocycles. The highest BCUT2D eigenvalue weighted by Crippen LogP contribution is 2.12. The van der Waals surface area contributed by atoms with Crippen molar-refractivity contribution in [3.8, 4) is 0 Å². The molecule has 2 atom stereocenters. The van der Waals surface area contributed by atoms with E-state index in [1.165, 1.54) is 19.3 Å². The van der Waals surface area contributed by atoms with Crippen molar-refractivity contribution in [1.29, 1.82) is 0 Å². The number of primary amides is 1. The Balaban J connectivity index is 3.43. The first kappa shape index (κ1) is 13.4. The van der Waals surface area contributed by atoms with Crippen molar-refractivity contribution in [2.75, 3.05) is 0 Å². The van der Waals surface area contributed by atoms with Gasteiger partial charge in [0.25, 0.3) is 0 Å². The lowest BCUT2D eigenvalue weighted by Gasteiger charge is -2.15. The lowest BCUT2D eigenvalue weighted by atomic mass is 9.98. The van der Waals surface area contributed by atoms with Crippen LogP contribution in [0.5, 0.6) is 0 Å². The van der Waals surface area contributed by atoms with Crippen LogP contribution in [0, 0.1) is 5.92 Å².